The van der Waals surface area contributed by atoms with Gasteiger partial charge < -0.3 is 0 Å². The fourth-order valence-corrected chi connectivity index (χ4v) is 2.01. The molecule has 0 aliphatic heterocycles. The fourth-order valence-electron chi connectivity index (χ4n) is 2.01. The molecule has 1 aromatic rings. The van der Waals surface area contributed by atoms with Crippen LogP contribution < -0.4 is 0 Å². The quantitative estimate of drug-likeness (QED) is 0.637. The number of hydrogen-bond donors (Lipinski definition) is 0. The van der Waals surface area contributed by atoms with Crippen LogP contribution in [0.2, 0.25) is 0 Å². The molecule has 0 radical (unpaired) electrons. The van der Waals surface area contributed by atoms with E-state index in [0.29, 0.717) is 0 Å². The standard InChI is InChI=1S/C17H18/c1-14(16-9-5-3-6-10-16)13-15(2)17-11-7-4-8-12-17/h3-5,7-9,11-13H,1,6,10H2,2H3/b15-13+. The summed E-state index contributed by atoms with van der Waals surface area (Å²) < 4.78 is 0. The van der Waals surface area contributed by atoms with Gasteiger partial charge in [-0.3, -0.25) is 0 Å². The summed E-state index contributed by atoms with van der Waals surface area (Å²) in [4.78, 5) is 0. The Morgan fingerprint density at radius 2 is 2.00 bits per heavy atom. The van der Waals surface area contributed by atoms with Crippen LogP contribution in [0.1, 0.15) is 25.3 Å². The van der Waals surface area contributed by atoms with E-state index < -0.39 is 0 Å². The molecule has 0 unspecified atom stereocenters. The van der Waals surface area contributed by atoms with Crippen LogP contribution in [0, 0.1) is 0 Å². The van der Waals surface area contributed by atoms with Gasteiger partial charge in [-0.05, 0) is 42.0 Å². The number of rotatable bonds is 3. The van der Waals surface area contributed by atoms with E-state index in [4.69, 9.17) is 0 Å². The zero-order valence-electron chi connectivity index (χ0n) is 10.3. The van der Waals surface area contributed by atoms with E-state index in [1.54, 1.807) is 0 Å². The van der Waals surface area contributed by atoms with Crippen LogP contribution in [0.25, 0.3) is 5.57 Å². The molecule has 86 valence electrons. The van der Waals surface area contributed by atoms with Crippen LogP contribution in [0.3, 0.4) is 0 Å². The van der Waals surface area contributed by atoms with E-state index >= 15 is 0 Å². The Labute approximate surface area is 104 Å². The van der Waals surface area contributed by atoms with Crippen LogP contribution >= 0.6 is 0 Å². The highest BCUT2D eigenvalue weighted by Crippen LogP contribution is 2.23. The van der Waals surface area contributed by atoms with Gasteiger partial charge in [0.2, 0.25) is 0 Å². The SMILES string of the molecule is C=C(/C=C(\C)c1ccccc1)C1=CC=CCC1. The predicted molar refractivity (Wildman–Crippen MR) is 75.7 cm³/mol. The Morgan fingerprint density at radius 1 is 1.24 bits per heavy atom. The van der Waals surface area contributed by atoms with E-state index in [-0.39, 0.29) is 0 Å². The van der Waals surface area contributed by atoms with Crippen molar-refractivity contribution >= 4 is 5.57 Å². The topological polar surface area (TPSA) is 0 Å². The molecule has 0 heterocycles. The second kappa shape index (κ2) is 5.49. The molecule has 0 N–H and O–H groups in total. The molecule has 0 spiro atoms. The van der Waals surface area contributed by atoms with E-state index in [1.165, 1.54) is 16.7 Å². The van der Waals surface area contributed by atoms with Gasteiger partial charge >= 0.3 is 0 Å². The fraction of sp³-hybridized carbons (Fsp3) is 0.176. The molecule has 0 saturated carbocycles. The maximum atomic E-state index is 4.17. The Bertz CT molecular complexity index is 484. The lowest BCUT2D eigenvalue weighted by molar-refractivity contribution is 0.979. The molecule has 17 heavy (non-hydrogen) atoms. The van der Waals surface area contributed by atoms with Crippen molar-refractivity contribution in [3.05, 3.63) is 77.9 Å². The minimum absolute atomic E-state index is 1.11. The van der Waals surface area contributed by atoms with E-state index in [2.05, 4.69) is 62.1 Å². The average molecular weight is 222 g/mol. The van der Waals surface area contributed by atoms with Gasteiger partial charge in [-0.25, -0.2) is 0 Å². The monoisotopic (exact) mass is 222 g/mol. The molecule has 0 aromatic heterocycles. The Kier molecular flexibility index (Phi) is 3.77. The third-order valence-corrected chi connectivity index (χ3v) is 3.05. The van der Waals surface area contributed by atoms with Crippen LogP contribution in [0.5, 0.6) is 0 Å². The molecule has 0 nitrogen and oxygen atoms in total. The van der Waals surface area contributed by atoms with E-state index in [1.807, 2.05) is 6.07 Å². The Morgan fingerprint density at radius 3 is 2.65 bits per heavy atom. The van der Waals surface area contributed by atoms with Crippen molar-refractivity contribution in [2.45, 2.75) is 19.8 Å². The highest BCUT2D eigenvalue weighted by atomic mass is 14.1. The van der Waals surface area contributed by atoms with Gasteiger partial charge in [0.05, 0.1) is 0 Å². The molecule has 2 rings (SSSR count). The molecule has 1 aliphatic rings. The van der Waals surface area contributed by atoms with Crippen molar-refractivity contribution in [1.82, 2.24) is 0 Å². The minimum Gasteiger partial charge on any atom is -0.0915 e. The second-order valence-corrected chi connectivity index (χ2v) is 4.38. The van der Waals surface area contributed by atoms with Gasteiger partial charge in [0.25, 0.3) is 0 Å². The van der Waals surface area contributed by atoms with E-state index in [9.17, 15) is 0 Å². The van der Waals surface area contributed by atoms with Crippen molar-refractivity contribution in [2.75, 3.05) is 0 Å². The van der Waals surface area contributed by atoms with E-state index in [0.717, 1.165) is 18.4 Å². The maximum absolute atomic E-state index is 4.17. The minimum atomic E-state index is 1.11. The zero-order chi connectivity index (χ0) is 12.1. The van der Waals surface area contributed by atoms with Crippen molar-refractivity contribution < 1.29 is 0 Å². The number of allylic oxidation sites excluding steroid dienone is 7. The van der Waals surface area contributed by atoms with Crippen molar-refractivity contribution in [1.29, 1.82) is 0 Å². The highest BCUT2D eigenvalue weighted by Gasteiger charge is 2.03. The molecular formula is C17H18. The summed E-state index contributed by atoms with van der Waals surface area (Å²) in [5, 5.41) is 0. The van der Waals surface area contributed by atoms with Gasteiger partial charge in [-0.1, -0.05) is 61.2 Å². The maximum Gasteiger partial charge on any atom is -0.0227 e. The summed E-state index contributed by atoms with van der Waals surface area (Å²) in [6.07, 6.45) is 10.9. The van der Waals surface area contributed by atoms with Crippen molar-refractivity contribution in [3.8, 4) is 0 Å². The lowest BCUT2D eigenvalue weighted by Crippen LogP contribution is -1.90. The van der Waals surface area contributed by atoms with Crippen LogP contribution in [-0.2, 0) is 0 Å². The predicted octanol–water partition coefficient (Wildman–Crippen LogP) is 4.92. The molecule has 0 saturated heterocycles. The Balaban J connectivity index is 2.17. The third-order valence-electron chi connectivity index (χ3n) is 3.05. The third kappa shape index (κ3) is 3.07. The van der Waals surface area contributed by atoms with Gasteiger partial charge in [-0.2, -0.15) is 0 Å². The van der Waals surface area contributed by atoms with Gasteiger partial charge in [0.1, 0.15) is 0 Å². The van der Waals surface area contributed by atoms with Crippen LogP contribution in [-0.4, -0.2) is 0 Å². The lowest BCUT2D eigenvalue weighted by atomic mass is 9.95. The summed E-state index contributed by atoms with van der Waals surface area (Å²) in [7, 11) is 0. The number of benzene rings is 1. The van der Waals surface area contributed by atoms with Crippen molar-refractivity contribution in [2.24, 2.45) is 0 Å². The molecule has 1 aliphatic carbocycles. The molecule has 0 fully saturated rings. The lowest BCUT2D eigenvalue weighted by Gasteiger charge is -2.10. The van der Waals surface area contributed by atoms with Gasteiger partial charge in [0, 0.05) is 0 Å². The number of hydrogen-bond acceptors (Lipinski definition) is 0. The molecule has 0 bridgehead atoms. The first-order chi connectivity index (χ1) is 8.27. The molecule has 0 amide bonds. The summed E-state index contributed by atoms with van der Waals surface area (Å²) >= 11 is 0. The molecule has 1 aromatic carbocycles. The Hall–Kier alpha value is -1.82. The molecule has 0 heteroatoms. The largest absolute Gasteiger partial charge is 0.0915 e. The molecule has 0 atom stereocenters. The average Bonchev–Trinajstić information content (AvgIpc) is 2.40. The summed E-state index contributed by atoms with van der Waals surface area (Å²) in [6.45, 7) is 6.30. The molecular weight excluding hydrogens is 204 g/mol. The van der Waals surface area contributed by atoms with Gasteiger partial charge in [0.15, 0.2) is 0 Å². The van der Waals surface area contributed by atoms with Crippen LogP contribution in [0.15, 0.2) is 72.4 Å². The second-order valence-electron chi connectivity index (χ2n) is 4.38. The van der Waals surface area contributed by atoms with Crippen molar-refractivity contribution in [3.63, 3.8) is 0 Å². The first kappa shape index (κ1) is 11.7. The normalized spacial score (nSPS) is 15.6. The first-order valence-corrected chi connectivity index (χ1v) is 6.06. The highest BCUT2D eigenvalue weighted by molar-refractivity contribution is 5.68. The zero-order valence-corrected chi connectivity index (χ0v) is 10.3. The summed E-state index contributed by atoms with van der Waals surface area (Å²) in [5.74, 6) is 0. The van der Waals surface area contributed by atoms with Gasteiger partial charge in [-0.15, -0.1) is 0 Å². The summed E-state index contributed by atoms with van der Waals surface area (Å²) in [6, 6.07) is 10.4. The summed E-state index contributed by atoms with van der Waals surface area (Å²) in [5.41, 5.74) is 5.02. The van der Waals surface area contributed by atoms with Crippen LogP contribution in [0.4, 0.5) is 0 Å². The smallest absolute Gasteiger partial charge is 0.0227 e. The first-order valence-electron chi connectivity index (χ1n) is 6.06.